The van der Waals surface area contributed by atoms with Crippen LogP contribution in [0.4, 0.5) is 13.2 Å². The number of guanidine groups is 1. The number of halogens is 4. The molecule has 0 bridgehead atoms. The van der Waals surface area contributed by atoms with E-state index in [-0.39, 0.29) is 35.5 Å². The average molecular weight is 558 g/mol. The summed E-state index contributed by atoms with van der Waals surface area (Å²) < 4.78 is 47.2. The van der Waals surface area contributed by atoms with E-state index in [4.69, 9.17) is 9.47 Å². The second-order valence-corrected chi connectivity index (χ2v) is 7.63. The molecule has 0 spiro atoms. The summed E-state index contributed by atoms with van der Waals surface area (Å²) in [6.07, 6.45) is -2.28. The highest BCUT2D eigenvalue weighted by Gasteiger charge is 2.29. The van der Waals surface area contributed by atoms with Gasteiger partial charge in [0.25, 0.3) is 0 Å². The molecule has 0 radical (unpaired) electrons. The number of alkyl halides is 3. The van der Waals surface area contributed by atoms with Gasteiger partial charge in [0, 0.05) is 31.7 Å². The second kappa shape index (κ2) is 13.2. The SMILES string of the molecule is CCNC(=NCc1ccc(OCC(F)(F)F)c(OC)c1)NC1CCN(C(C)C)CC1.I. The number of aliphatic imine (C=N–C) groups is 1. The van der Waals surface area contributed by atoms with Crippen molar-refractivity contribution in [1.29, 1.82) is 0 Å². The van der Waals surface area contributed by atoms with E-state index in [1.807, 2.05) is 6.92 Å². The maximum Gasteiger partial charge on any atom is 0.422 e. The predicted octanol–water partition coefficient (Wildman–Crippen LogP) is 4.18. The molecule has 1 aromatic rings. The lowest BCUT2D eigenvalue weighted by Gasteiger charge is -2.35. The summed E-state index contributed by atoms with van der Waals surface area (Å²) in [5.74, 6) is 1.05. The van der Waals surface area contributed by atoms with Crippen LogP contribution in [0.3, 0.4) is 0 Å². The number of nitrogens with one attached hydrogen (secondary N) is 2. The third-order valence-electron chi connectivity index (χ3n) is 4.98. The molecule has 0 aliphatic carbocycles. The van der Waals surface area contributed by atoms with Crippen LogP contribution < -0.4 is 20.1 Å². The van der Waals surface area contributed by atoms with E-state index >= 15 is 0 Å². The first-order valence-electron chi connectivity index (χ1n) is 10.4. The Morgan fingerprint density at radius 3 is 2.45 bits per heavy atom. The molecule has 1 fully saturated rings. The molecule has 0 unspecified atom stereocenters. The third-order valence-corrected chi connectivity index (χ3v) is 4.98. The van der Waals surface area contributed by atoms with E-state index in [0.717, 1.165) is 44.0 Å². The molecule has 31 heavy (non-hydrogen) atoms. The van der Waals surface area contributed by atoms with Crippen molar-refractivity contribution in [2.24, 2.45) is 4.99 Å². The fraction of sp³-hybridized carbons (Fsp3) is 0.667. The number of benzene rings is 1. The fourth-order valence-corrected chi connectivity index (χ4v) is 3.33. The van der Waals surface area contributed by atoms with Crippen molar-refractivity contribution in [3.05, 3.63) is 23.8 Å². The first-order chi connectivity index (χ1) is 14.2. The largest absolute Gasteiger partial charge is 0.493 e. The summed E-state index contributed by atoms with van der Waals surface area (Å²) in [6, 6.07) is 5.76. The Morgan fingerprint density at radius 2 is 1.90 bits per heavy atom. The highest BCUT2D eigenvalue weighted by molar-refractivity contribution is 14.0. The monoisotopic (exact) mass is 558 g/mol. The van der Waals surface area contributed by atoms with Gasteiger partial charge in [-0.1, -0.05) is 6.07 Å². The molecule has 6 nitrogen and oxygen atoms in total. The van der Waals surface area contributed by atoms with Gasteiger partial charge in [-0.25, -0.2) is 4.99 Å². The Labute approximate surface area is 200 Å². The Kier molecular flexibility index (Phi) is 11.7. The first kappa shape index (κ1) is 27.6. The van der Waals surface area contributed by atoms with E-state index < -0.39 is 12.8 Å². The van der Waals surface area contributed by atoms with Gasteiger partial charge in [-0.2, -0.15) is 13.2 Å². The van der Waals surface area contributed by atoms with Gasteiger partial charge < -0.3 is 25.0 Å². The maximum absolute atomic E-state index is 12.4. The normalized spacial score (nSPS) is 16.1. The van der Waals surface area contributed by atoms with Crippen molar-refractivity contribution in [1.82, 2.24) is 15.5 Å². The quantitative estimate of drug-likeness (QED) is 0.285. The molecule has 178 valence electrons. The molecule has 0 saturated carbocycles. The standard InChI is InChI=1S/C21H33F3N4O2.HI/c1-5-25-20(27-17-8-10-28(11-9-17)15(2)3)26-13-16-6-7-18(19(12-16)29-4)30-14-21(22,23)24;/h6-7,12,15,17H,5,8-11,13-14H2,1-4H3,(H2,25,26,27);1H. The molecule has 1 saturated heterocycles. The number of piperidine rings is 1. The topological polar surface area (TPSA) is 58.1 Å². The van der Waals surface area contributed by atoms with Gasteiger partial charge >= 0.3 is 6.18 Å². The Morgan fingerprint density at radius 1 is 1.23 bits per heavy atom. The summed E-state index contributed by atoms with van der Waals surface area (Å²) in [5.41, 5.74) is 0.818. The number of likely N-dealkylation sites (tertiary alicyclic amines) is 1. The molecule has 2 N–H and O–H groups in total. The van der Waals surface area contributed by atoms with E-state index in [9.17, 15) is 13.2 Å². The molecule has 1 aliphatic heterocycles. The van der Waals surface area contributed by atoms with Crippen molar-refractivity contribution in [2.45, 2.75) is 58.4 Å². The summed E-state index contributed by atoms with van der Waals surface area (Å²) in [4.78, 5) is 7.10. The fourth-order valence-electron chi connectivity index (χ4n) is 3.33. The van der Waals surface area contributed by atoms with Gasteiger partial charge in [0.15, 0.2) is 24.1 Å². The molecule has 10 heteroatoms. The lowest BCUT2D eigenvalue weighted by atomic mass is 10.0. The minimum Gasteiger partial charge on any atom is -0.493 e. The van der Waals surface area contributed by atoms with Gasteiger partial charge in [-0.3, -0.25) is 0 Å². The van der Waals surface area contributed by atoms with Crippen LogP contribution in [0.2, 0.25) is 0 Å². The molecular formula is C21H34F3IN4O2. The summed E-state index contributed by atoms with van der Waals surface area (Å²) >= 11 is 0. The highest BCUT2D eigenvalue weighted by atomic mass is 127. The van der Waals surface area contributed by atoms with Crippen molar-refractivity contribution in [3.63, 3.8) is 0 Å². The molecule has 1 aliphatic rings. The lowest BCUT2D eigenvalue weighted by Crippen LogP contribution is -2.49. The van der Waals surface area contributed by atoms with Crippen LogP contribution in [0.1, 0.15) is 39.2 Å². The smallest absolute Gasteiger partial charge is 0.422 e. The van der Waals surface area contributed by atoms with Crippen LogP contribution in [0.15, 0.2) is 23.2 Å². The van der Waals surface area contributed by atoms with E-state index in [1.54, 1.807) is 12.1 Å². The van der Waals surface area contributed by atoms with Gasteiger partial charge in [0.05, 0.1) is 13.7 Å². The zero-order chi connectivity index (χ0) is 22.1. The van der Waals surface area contributed by atoms with Crippen LogP contribution in [0, 0.1) is 0 Å². The van der Waals surface area contributed by atoms with Crippen LogP contribution in [-0.2, 0) is 6.54 Å². The molecule has 0 aromatic heterocycles. The number of nitrogens with zero attached hydrogens (tertiary/aromatic N) is 2. The van der Waals surface area contributed by atoms with Crippen LogP contribution in [0.5, 0.6) is 11.5 Å². The number of ether oxygens (including phenoxy) is 2. The first-order valence-corrected chi connectivity index (χ1v) is 10.4. The number of methoxy groups -OCH3 is 1. The second-order valence-electron chi connectivity index (χ2n) is 7.63. The maximum atomic E-state index is 12.4. The van der Waals surface area contributed by atoms with Gasteiger partial charge in [0.1, 0.15) is 0 Å². The van der Waals surface area contributed by atoms with Crippen molar-refractivity contribution >= 4 is 29.9 Å². The predicted molar refractivity (Wildman–Crippen MR) is 128 cm³/mol. The van der Waals surface area contributed by atoms with E-state index in [0.29, 0.717) is 18.6 Å². The Bertz CT molecular complexity index is 694. The molecule has 1 heterocycles. The number of hydrogen-bond acceptors (Lipinski definition) is 4. The van der Waals surface area contributed by atoms with Gasteiger partial charge in [-0.05, 0) is 51.3 Å². The Hall–Kier alpha value is -1.43. The molecule has 2 rings (SSSR count). The van der Waals surface area contributed by atoms with Gasteiger partial charge in [-0.15, -0.1) is 24.0 Å². The summed E-state index contributed by atoms with van der Waals surface area (Å²) in [6.45, 7) is 8.32. The van der Waals surface area contributed by atoms with Crippen molar-refractivity contribution in [2.75, 3.05) is 33.4 Å². The zero-order valence-corrected chi connectivity index (χ0v) is 20.9. The Balaban J connectivity index is 0.00000480. The molecule has 0 atom stereocenters. The summed E-state index contributed by atoms with van der Waals surface area (Å²) in [7, 11) is 1.40. The third kappa shape index (κ3) is 9.71. The molecule has 0 amide bonds. The minimum atomic E-state index is -4.40. The molecular weight excluding hydrogens is 524 g/mol. The van der Waals surface area contributed by atoms with Crippen molar-refractivity contribution < 1.29 is 22.6 Å². The van der Waals surface area contributed by atoms with Crippen LogP contribution in [-0.4, -0.2) is 62.5 Å². The van der Waals surface area contributed by atoms with Crippen LogP contribution in [0.25, 0.3) is 0 Å². The average Bonchev–Trinajstić information content (AvgIpc) is 2.70. The minimum absolute atomic E-state index is 0. The van der Waals surface area contributed by atoms with Crippen molar-refractivity contribution in [3.8, 4) is 11.5 Å². The number of hydrogen-bond donors (Lipinski definition) is 2. The molecule has 1 aromatic carbocycles. The summed E-state index contributed by atoms with van der Waals surface area (Å²) in [5, 5.41) is 6.75. The zero-order valence-electron chi connectivity index (χ0n) is 18.6. The van der Waals surface area contributed by atoms with E-state index in [2.05, 4.69) is 34.4 Å². The highest BCUT2D eigenvalue weighted by Crippen LogP contribution is 2.30. The van der Waals surface area contributed by atoms with Gasteiger partial charge in [0.2, 0.25) is 0 Å². The lowest BCUT2D eigenvalue weighted by molar-refractivity contribution is -0.153. The number of rotatable bonds is 8. The van der Waals surface area contributed by atoms with Crippen LogP contribution >= 0.6 is 24.0 Å². The van der Waals surface area contributed by atoms with E-state index in [1.165, 1.54) is 13.2 Å².